The molecule has 1 aromatic rings. The summed E-state index contributed by atoms with van der Waals surface area (Å²) in [5, 5.41) is 0. The van der Waals surface area contributed by atoms with E-state index >= 15 is 0 Å². The third-order valence-corrected chi connectivity index (χ3v) is 2.66. The van der Waals surface area contributed by atoms with Gasteiger partial charge < -0.3 is 4.57 Å². The van der Waals surface area contributed by atoms with E-state index in [2.05, 4.69) is 32.7 Å². The Bertz CT molecular complexity index is 491. The van der Waals surface area contributed by atoms with Gasteiger partial charge in [-0.25, -0.2) is 4.79 Å². The third-order valence-electron chi connectivity index (χ3n) is 2.66. The summed E-state index contributed by atoms with van der Waals surface area (Å²) in [5.41, 5.74) is 0.212. The molecule has 0 amide bonds. The Morgan fingerprint density at radius 1 is 1.35 bits per heavy atom. The molecule has 4 heteroatoms. The Morgan fingerprint density at radius 2 is 1.94 bits per heavy atom. The predicted octanol–water partition coefficient (Wildman–Crippen LogP) is 1.92. The normalized spacial score (nSPS) is 13.7. The fourth-order valence-corrected chi connectivity index (χ4v) is 2.20. The van der Waals surface area contributed by atoms with Crippen LogP contribution in [0.5, 0.6) is 0 Å². The van der Waals surface area contributed by atoms with Crippen LogP contribution in [0.4, 0.5) is 0 Å². The number of nitrogens with zero attached hydrogens (tertiary/aromatic N) is 1. The van der Waals surface area contributed by atoms with E-state index in [1.54, 1.807) is 17.7 Å². The number of nitrogens with one attached hydrogen (secondary N) is 1. The van der Waals surface area contributed by atoms with Crippen LogP contribution in [0.15, 0.2) is 15.8 Å². The Kier molecular flexibility index (Phi) is 3.96. The lowest BCUT2D eigenvalue weighted by Crippen LogP contribution is -2.32. The highest BCUT2D eigenvalue weighted by Gasteiger charge is 2.16. The lowest BCUT2D eigenvalue weighted by molar-refractivity contribution is 0.283. The van der Waals surface area contributed by atoms with E-state index in [1.165, 1.54) is 0 Å². The molecule has 0 saturated carbocycles. The first kappa shape index (κ1) is 13.7. The van der Waals surface area contributed by atoms with Gasteiger partial charge in [-0.2, -0.15) is 0 Å². The average molecular weight is 238 g/mol. The molecule has 17 heavy (non-hydrogen) atoms. The van der Waals surface area contributed by atoms with Crippen LogP contribution in [0.1, 0.15) is 39.7 Å². The molecule has 1 N–H and O–H groups in total. The summed E-state index contributed by atoms with van der Waals surface area (Å²) in [6.45, 7) is 11.0. The van der Waals surface area contributed by atoms with Crippen LogP contribution >= 0.6 is 0 Å². The Balaban J connectivity index is 2.86. The van der Waals surface area contributed by atoms with Crippen molar-refractivity contribution in [2.45, 2.75) is 47.6 Å². The van der Waals surface area contributed by atoms with Gasteiger partial charge in [-0.3, -0.25) is 9.78 Å². The summed E-state index contributed by atoms with van der Waals surface area (Å²) >= 11 is 0. The lowest BCUT2D eigenvalue weighted by atomic mass is 9.85. The first-order chi connectivity index (χ1) is 7.69. The number of aromatic nitrogens is 2. The van der Waals surface area contributed by atoms with E-state index in [1.807, 2.05) is 0 Å². The molecular weight excluding hydrogens is 216 g/mol. The zero-order chi connectivity index (χ0) is 13.2. The van der Waals surface area contributed by atoms with Gasteiger partial charge in [0.15, 0.2) is 0 Å². The molecule has 0 fully saturated rings. The lowest BCUT2D eigenvalue weighted by Gasteiger charge is -2.23. The molecule has 0 unspecified atom stereocenters. The van der Waals surface area contributed by atoms with Crippen molar-refractivity contribution in [2.75, 3.05) is 0 Å². The van der Waals surface area contributed by atoms with Gasteiger partial charge in [0, 0.05) is 18.3 Å². The van der Waals surface area contributed by atoms with E-state index in [-0.39, 0.29) is 16.7 Å². The third kappa shape index (κ3) is 4.21. The van der Waals surface area contributed by atoms with Crippen LogP contribution in [0.2, 0.25) is 0 Å². The molecule has 96 valence electrons. The summed E-state index contributed by atoms with van der Waals surface area (Å²) in [7, 11) is 0. The second kappa shape index (κ2) is 4.90. The molecule has 4 nitrogen and oxygen atoms in total. The second-order valence-corrected chi connectivity index (χ2v) is 6.09. The van der Waals surface area contributed by atoms with E-state index in [0.717, 1.165) is 6.42 Å². The van der Waals surface area contributed by atoms with Crippen molar-refractivity contribution in [1.29, 1.82) is 0 Å². The SMILES string of the molecule is Cc1cn(C[C@H](C)CC(C)(C)C)c(=O)[nH]c1=O. The van der Waals surface area contributed by atoms with Gasteiger partial charge in [0.25, 0.3) is 5.56 Å². The van der Waals surface area contributed by atoms with Crippen LogP contribution < -0.4 is 11.2 Å². The van der Waals surface area contributed by atoms with Gasteiger partial charge in [-0.1, -0.05) is 27.7 Å². The van der Waals surface area contributed by atoms with E-state index < -0.39 is 0 Å². The molecule has 1 rings (SSSR count). The maximum absolute atomic E-state index is 11.6. The summed E-state index contributed by atoms with van der Waals surface area (Å²) in [6.07, 6.45) is 2.68. The molecule has 0 radical (unpaired) electrons. The fourth-order valence-electron chi connectivity index (χ4n) is 2.20. The quantitative estimate of drug-likeness (QED) is 0.874. The smallest absolute Gasteiger partial charge is 0.300 e. The Hall–Kier alpha value is -1.32. The summed E-state index contributed by atoms with van der Waals surface area (Å²) in [6, 6.07) is 0. The van der Waals surface area contributed by atoms with Crippen molar-refractivity contribution in [2.24, 2.45) is 11.3 Å². The number of hydrogen-bond acceptors (Lipinski definition) is 2. The van der Waals surface area contributed by atoms with Crippen LogP contribution in [0, 0.1) is 18.3 Å². The molecule has 1 heterocycles. The summed E-state index contributed by atoms with van der Waals surface area (Å²) < 4.78 is 1.59. The van der Waals surface area contributed by atoms with Crippen molar-refractivity contribution in [3.05, 3.63) is 32.6 Å². The standard InChI is InChI=1S/C13H22N2O2/c1-9(6-13(3,4)5)7-15-8-10(2)11(16)14-12(15)17/h8-9H,6-7H2,1-5H3,(H,14,16,17)/t9-/m1/s1. The molecule has 0 aromatic carbocycles. The molecule has 1 atom stereocenters. The van der Waals surface area contributed by atoms with E-state index in [0.29, 0.717) is 18.0 Å². The van der Waals surface area contributed by atoms with Gasteiger partial charge in [0.1, 0.15) is 0 Å². The number of H-pyrrole nitrogens is 1. The van der Waals surface area contributed by atoms with Crippen molar-refractivity contribution >= 4 is 0 Å². The minimum Gasteiger partial charge on any atom is -0.300 e. The first-order valence-electron chi connectivity index (χ1n) is 5.99. The molecule has 0 aliphatic heterocycles. The van der Waals surface area contributed by atoms with Gasteiger partial charge in [-0.05, 0) is 24.7 Å². The zero-order valence-corrected chi connectivity index (χ0v) is 11.3. The molecule has 0 aliphatic rings. The first-order valence-corrected chi connectivity index (χ1v) is 5.99. The van der Waals surface area contributed by atoms with Crippen LogP contribution in [-0.2, 0) is 6.54 Å². The minimum absolute atomic E-state index is 0.250. The maximum Gasteiger partial charge on any atom is 0.328 e. The van der Waals surface area contributed by atoms with Crippen LogP contribution in [0.3, 0.4) is 0 Å². The number of aryl methyl sites for hydroxylation is 1. The largest absolute Gasteiger partial charge is 0.328 e. The molecule has 0 saturated heterocycles. The van der Waals surface area contributed by atoms with Gasteiger partial charge in [-0.15, -0.1) is 0 Å². The van der Waals surface area contributed by atoms with Crippen molar-refractivity contribution < 1.29 is 0 Å². The van der Waals surface area contributed by atoms with Gasteiger partial charge >= 0.3 is 5.69 Å². The maximum atomic E-state index is 11.6. The van der Waals surface area contributed by atoms with Crippen LogP contribution in [0.25, 0.3) is 0 Å². The minimum atomic E-state index is -0.318. The summed E-state index contributed by atoms with van der Waals surface area (Å²) in [5.74, 6) is 0.401. The average Bonchev–Trinajstić information content (AvgIpc) is 2.11. The predicted molar refractivity (Wildman–Crippen MR) is 69.3 cm³/mol. The molecule has 0 bridgehead atoms. The number of rotatable bonds is 3. The topological polar surface area (TPSA) is 54.9 Å². The van der Waals surface area contributed by atoms with Crippen molar-refractivity contribution in [3.8, 4) is 0 Å². The Labute approximate surface area is 102 Å². The zero-order valence-electron chi connectivity index (χ0n) is 11.3. The monoisotopic (exact) mass is 238 g/mol. The molecule has 0 spiro atoms. The number of hydrogen-bond donors (Lipinski definition) is 1. The van der Waals surface area contributed by atoms with Crippen LogP contribution in [-0.4, -0.2) is 9.55 Å². The second-order valence-electron chi connectivity index (χ2n) is 6.09. The highest BCUT2D eigenvalue weighted by molar-refractivity contribution is 5.00. The Morgan fingerprint density at radius 3 is 2.47 bits per heavy atom. The molecule has 0 aliphatic carbocycles. The highest BCUT2D eigenvalue weighted by atomic mass is 16.2. The van der Waals surface area contributed by atoms with Crippen molar-refractivity contribution in [1.82, 2.24) is 9.55 Å². The van der Waals surface area contributed by atoms with Gasteiger partial charge in [0.05, 0.1) is 0 Å². The van der Waals surface area contributed by atoms with Crippen molar-refractivity contribution in [3.63, 3.8) is 0 Å². The summed E-state index contributed by atoms with van der Waals surface area (Å²) in [4.78, 5) is 25.2. The van der Waals surface area contributed by atoms with E-state index in [9.17, 15) is 9.59 Å². The van der Waals surface area contributed by atoms with E-state index in [4.69, 9.17) is 0 Å². The van der Waals surface area contributed by atoms with Gasteiger partial charge in [0.2, 0.25) is 0 Å². The molecule has 1 aromatic heterocycles. The highest BCUT2D eigenvalue weighted by Crippen LogP contribution is 2.24. The molecular formula is C13H22N2O2. The number of aromatic amines is 1. The fraction of sp³-hybridized carbons (Fsp3) is 0.692.